The predicted octanol–water partition coefficient (Wildman–Crippen LogP) is 3.10. The van der Waals surface area contributed by atoms with Gasteiger partial charge in [0.05, 0.1) is 0 Å². The Bertz CT molecular complexity index is 416. The van der Waals surface area contributed by atoms with E-state index in [1.165, 1.54) is 0 Å². The van der Waals surface area contributed by atoms with Crippen LogP contribution in [0.25, 0.3) is 0 Å². The first kappa shape index (κ1) is 14.8. The third-order valence-electron chi connectivity index (χ3n) is 2.45. The fourth-order valence-electron chi connectivity index (χ4n) is 1.40. The first-order chi connectivity index (χ1) is 8.45. The maximum atomic E-state index is 13.3. The second kappa shape index (κ2) is 6.64. The number of rotatable bonds is 5. The normalized spacial score (nSPS) is 12.3. The van der Waals surface area contributed by atoms with Gasteiger partial charge in [-0.2, -0.15) is 0 Å². The second-order valence-electron chi connectivity index (χ2n) is 4.04. The second-order valence-corrected chi connectivity index (χ2v) is 4.42. The van der Waals surface area contributed by atoms with Gasteiger partial charge in [0, 0.05) is 24.6 Å². The molecule has 0 fully saturated rings. The summed E-state index contributed by atoms with van der Waals surface area (Å²) in [5, 5.41) is 2.38. The van der Waals surface area contributed by atoms with Crippen molar-refractivity contribution in [2.45, 2.75) is 13.3 Å². The van der Waals surface area contributed by atoms with E-state index in [2.05, 4.69) is 5.32 Å². The number of alkyl halides is 1. The maximum Gasteiger partial charge on any atom is 0.257 e. The summed E-state index contributed by atoms with van der Waals surface area (Å²) in [6, 6.07) is 0.945. The van der Waals surface area contributed by atoms with Crippen LogP contribution in [0.1, 0.15) is 23.7 Å². The maximum absolute atomic E-state index is 13.3. The van der Waals surface area contributed by atoms with Crippen LogP contribution in [-0.4, -0.2) is 18.3 Å². The largest absolute Gasteiger partial charge is 0.352 e. The molecule has 1 atom stereocenters. The van der Waals surface area contributed by atoms with E-state index in [1.807, 2.05) is 6.92 Å². The zero-order chi connectivity index (χ0) is 13.7. The van der Waals surface area contributed by atoms with E-state index in [4.69, 9.17) is 11.6 Å². The van der Waals surface area contributed by atoms with E-state index in [1.54, 1.807) is 0 Å². The number of amides is 1. The average molecular weight is 280 g/mol. The van der Waals surface area contributed by atoms with Gasteiger partial charge in [0.25, 0.3) is 5.91 Å². The van der Waals surface area contributed by atoms with Crippen molar-refractivity contribution in [3.63, 3.8) is 0 Å². The molecule has 0 aliphatic carbocycles. The lowest BCUT2D eigenvalue weighted by atomic mass is 10.1. The molecule has 0 saturated heterocycles. The summed E-state index contributed by atoms with van der Waals surface area (Å²) in [5.74, 6) is -3.84. The van der Waals surface area contributed by atoms with Crippen molar-refractivity contribution in [3.05, 3.63) is 35.1 Å². The molecule has 1 unspecified atom stereocenters. The van der Waals surface area contributed by atoms with Crippen molar-refractivity contribution in [2.24, 2.45) is 5.92 Å². The van der Waals surface area contributed by atoms with Crippen LogP contribution in [0.4, 0.5) is 13.2 Å². The lowest BCUT2D eigenvalue weighted by molar-refractivity contribution is 0.0939. The molecule has 6 heteroatoms. The molecule has 1 amide bonds. The van der Waals surface area contributed by atoms with E-state index in [0.29, 0.717) is 24.4 Å². The van der Waals surface area contributed by atoms with Crippen LogP contribution in [-0.2, 0) is 0 Å². The Hall–Kier alpha value is -1.23. The Morgan fingerprint density at radius 2 is 1.89 bits per heavy atom. The zero-order valence-electron chi connectivity index (χ0n) is 9.77. The predicted molar refractivity (Wildman–Crippen MR) is 63.2 cm³/mol. The number of hydrogen-bond acceptors (Lipinski definition) is 1. The number of nitrogens with one attached hydrogen (secondary N) is 1. The van der Waals surface area contributed by atoms with Crippen LogP contribution in [0, 0.1) is 23.4 Å². The highest BCUT2D eigenvalue weighted by Crippen LogP contribution is 2.14. The van der Waals surface area contributed by atoms with Crippen molar-refractivity contribution >= 4 is 17.5 Å². The summed E-state index contributed by atoms with van der Waals surface area (Å²) >= 11 is 5.52. The summed E-state index contributed by atoms with van der Waals surface area (Å²) in [6.45, 7) is 2.10. The lowest BCUT2D eigenvalue weighted by Gasteiger charge is -2.11. The smallest absolute Gasteiger partial charge is 0.257 e. The molecular formula is C12H13ClF3NO. The molecular weight excluding hydrogens is 267 g/mol. The monoisotopic (exact) mass is 279 g/mol. The quantitative estimate of drug-likeness (QED) is 0.825. The Morgan fingerprint density at radius 3 is 2.39 bits per heavy atom. The van der Waals surface area contributed by atoms with Gasteiger partial charge in [-0.1, -0.05) is 6.92 Å². The van der Waals surface area contributed by atoms with E-state index < -0.39 is 28.9 Å². The van der Waals surface area contributed by atoms with Crippen molar-refractivity contribution in [1.29, 1.82) is 0 Å². The molecule has 0 spiro atoms. The molecule has 0 radical (unpaired) electrons. The number of carbonyl (C=O) groups is 1. The molecule has 1 rings (SSSR count). The molecule has 0 heterocycles. The first-order valence-corrected chi connectivity index (χ1v) is 5.97. The molecule has 0 saturated carbocycles. The number of carbonyl (C=O) groups excluding carboxylic acids is 1. The van der Waals surface area contributed by atoms with Gasteiger partial charge in [-0.05, 0) is 12.3 Å². The molecule has 0 bridgehead atoms. The standard InChI is InChI=1S/C12H13ClF3NO/c1-7(2-3-13)6-17-12(18)11-9(15)4-8(14)5-10(11)16/h4-5,7H,2-3,6H2,1H3,(H,17,18). The molecule has 1 aromatic carbocycles. The van der Waals surface area contributed by atoms with Gasteiger partial charge in [0.2, 0.25) is 0 Å². The average Bonchev–Trinajstić information content (AvgIpc) is 2.25. The third-order valence-corrected chi connectivity index (χ3v) is 2.67. The van der Waals surface area contributed by atoms with Crippen LogP contribution in [0.5, 0.6) is 0 Å². The van der Waals surface area contributed by atoms with E-state index >= 15 is 0 Å². The van der Waals surface area contributed by atoms with Crippen molar-refractivity contribution in [3.8, 4) is 0 Å². The fraction of sp³-hybridized carbons (Fsp3) is 0.417. The zero-order valence-corrected chi connectivity index (χ0v) is 10.5. The summed E-state index contributed by atoms with van der Waals surface area (Å²) in [5.41, 5.74) is -0.769. The van der Waals surface area contributed by atoms with E-state index in [-0.39, 0.29) is 12.5 Å². The van der Waals surface area contributed by atoms with Crippen LogP contribution >= 0.6 is 11.6 Å². The molecule has 100 valence electrons. The van der Waals surface area contributed by atoms with Gasteiger partial charge >= 0.3 is 0 Å². The van der Waals surface area contributed by atoms with Gasteiger partial charge < -0.3 is 5.32 Å². The summed E-state index contributed by atoms with van der Waals surface area (Å²) < 4.78 is 39.2. The first-order valence-electron chi connectivity index (χ1n) is 5.44. The van der Waals surface area contributed by atoms with Crippen LogP contribution in [0.2, 0.25) is 0 Å². The number of hydrogen-bond donors (Lipinski definition) is 1. The summed E-state index contributed by atoms with van der Waals surface area (Å²) in [7, 11) is 0. The third kappa shape index (κ3) is 3.91. The van der Waals surface area contributed by atoms with Crippen LogP contribution in [0.3, 0.4) is 0 Å². The molecule has 0 aliphatic heterocycles. The Morgan fingerprint density at radius 1 is 1.33 bits per heavy atom. The van der Waals surface area contributed by atoms with Gasteiger partial charge in [-0.25, -0.2) is 13.2 Å². The van der Waals surface area contributed by atoms with Crippen molar-refractivity contribution < 1.29 is 18.0 Å². The van der Waals surface area contributed by atoms with Gasteiger partial charge in [0.15, 0.2) is 0 Å². The number of halogens is 4. The highest BCUT2D eigenvalue weighted by molar-refractivity contribution is 6.17. The van der Waals surface area contributed by atoms with Crippen molar-refractivity contribution in [1.82, 2.24) is 5.32 Å². The van der Waals surface area contributed by atoms with Crippen molar-refractivity contribution in [2.75, 3.05) is 12.4 Å². The lowest BCUT2D eigenvalue weighted by Crippen LogP contribution is -2.30. The minimum atomic E-state index is -1.21. The Kier molecular flexibility index (Phi) is 5.47. The molecule has 18 heavy (non-hydrogen) atoms. The fourth-order valence-corrected chi connectivity index (χ4v) is 1.78. The minimum absolute atomic E-state index is 0.0954. The van der Waals surface area contributed by atoms with Gasteiger partial charge in [-0.3, -0.25) is 4.79 Å². The Labute approximate surface area is 108 Å². The molecule has 1 N–H and O–H groups in total. The SMILES string of the molecule is CC(CCCl)CNC(=O)c1c(F)cc(F)cc1F. The topological polar surface area (TPSA) is 29.1 Å². The highest BCUT2D eigenvalue weighted by atomic mass is 35.5. The van der Waals surface area contributed by atoms with E-state index in [9.17, 15) is 18.0 Å². The summed E-state index contributed by atoms with van der Waals surface area (Å²) in [4.78, 5) is 11.6. The Balaban J connectivity index is 2.73. The molecule has 0 aromatic heterocycles. The van der Waals surface area contributed by atoms with Crippen LogP contribution < -0.4 is 5.32 Å². The van der Waals surface area contributed by atoms with Gasteiger partial charge in [-0.15, -0.1) is 11.6 Å². The summed E-state index contributed by atoms with van der Waals surface area (Å²) in [6.07, 6.45) is 0.677. The van der Waals surface area contributed by atoms with E-state index in [0.717, 1.165) is 0 Å². The molecule has 1 aromatic rings. The number of benzene rings is 1. The highest BCUT2D eigenvalue weighted by Gasteiger charge is 2.19. The van der Waals surface area contributed by atoms with Crippen LogP contribution in [0.15, 0.2) is 12.1 Å². The minimum Gasteiger partial charge on any atom is -0.352 e. The van der Waals surface area contributed by atoms with Gasteiger partial charge in [0.1, 0.15) is 23.0 Å². The molecule has 0 aliphatic rings. The molecule has 2 nitrogen and oxygen atoms in total.